The van der Waals surface area contributed by atoms with Gasteiger partial charge in [-0.3, -0.25) is 4.90 Å². The molecule has 0 radical (unpaired) electrons. The molecule has 0 aromatic carbocycles. The Morgan fingerprint density at radius 2 is 2.08 bits per heavy atom. The molecule has 1 fully saturated rings. The maximum absolute atomic E-state index is 5.33. The van der Waals surface area contributed by atoms with E-state index in [1.165, 1.54) is 25.8 Å². The Bertz CT molecular complexity index is 173. The molecule has 0 N–H and O–H groups in total. The van der Waals surface area contributed by atoms with Crippen molar-refractivity contribution in [2.24, 2.45) is 5.92 Å². The zero-order chi connectivity index (χ0) is 8.93. The Labute approximate surface area is 80.6 Å². The van der Waals surface area contributed by atoms with Gasteiger partial charge >= 0.3 is 0 Å². The molecule has 1 aliphatic carbocycles. The van der Waals surface area contributed by atoms with Gasteiger partial charge < -0.3 is 4.74 Å². The normalized spacial score (nSPS) is 30.6. The second kappa shape index (κ2) is 4.77. The van der Waals surface area contributed by atoms with Crippen molar-refractivity contribution in [2.45, 2.75) is 19.3 Å². The molecule has 2 rings (SSSR count). The summed E-state index contributed by atoms with van der Waals surface area (Å²) in [5, 5.41) is 0. The number of morpholine rings is 1. The molecule has 0 aromatic rings. The zero-order valence-electron chi connectivity index (χ0n) is 8.24. The summed E-state index contributed by atoms with van der Waals surface area (Å²) in [5.41, 5.74) is 0. The summed E-state index contributed by atoms with van der Waals surface area (Å²) in [6.07, 6.45) is 8.62. The van der Waals surface area contributed by atoms with E-state index in [2.05, 4.69) is 17.1 Å². The molecule has 0 spiro atoms. The second-order valence-corrected chi connectivity index (χ2v) is 4.06. The van der Waals surface area contributed by atoms with Gasteiger partial charge in [-0.1, -0.05) is 12.2 Å². The summed E-state index contributed by atoms with van der Waals surface area (Å²) < 4.78 is 5.33. The Balaban J connectivity index is 1.72. The van der Waals surface area contributed by atoms with E-state index < -0.39 is 0 Å². The van der Waals surface area contributed by atoms with Crippen molar-refractivity contribution in [3.8, 4) is 0 Å². The van der Waals surface area contributed by atoms with E-state index in [9.17, 15) is 0 Å². The van der Waals surface area contributed by atoms with E-state index in [1.54, 1.807) is 0 Å². The average Bonchev–Trinajstić information content (AvgIpc) is 2.21. The molecular weight excluding hydrogens is 162 g/mol. The van der Waals surface area contributed by atoms with E-state index >= 15 is 0 Å². The topological polar surface area (TPSA) is 12.5 Å². The molecule has 13 heavy (non-hydrogen) atoms. The van der Waals surface area contributed by atoms with Gasteiger partial charge in [-0.2, -0.15) is 0 Å². The quantitative estimate of drug-likeness (QED) is 0.601. The first-order chi connectivity index (χ1) is 6.45. The number of rotatable bonds is 2. The maximum Gasteiger partial charge on any atom is 0.0594 e. The molecule has 2 nitrogen and oxygen atoms in total. The van der Waals surface area contributed by atoms with Crippen molar-refractivity contribution in [1.82, 2.24) is 4.90 Å². The van der Waals surface area contributed by atoms with Gasteiger partial charge in [-0.05, 0) is 25.2 Å². The lowest BCUT2D eigenvalue weighted by Gasteiger charge is -2.30. The van der Waals surface area contributed by atoms with Gasteiger partial charge in [0.2, 0.25) is 0 Å². The monoisotopic (exact) mass is 181 g/mol. The van der Waals surface area contributed by atoms with Gasteiger partial charge in [0.25, 0.3) is 0 Å². The molecular formula is C11H19NO. The molecule has 1 unspecified atom stereocenters. The summed E-state index contributed by atoms with van der Waals surface area (Å²) in [6, 6.07) is 0. The second-order valence-electron chi connectivity index (χ2n) is 4.06. The number of hydrogen-bond donors (Lipinski definition) is 0. The minimum absolute atomic E-state index is 0.906. The molecule has 0 amide bonds. The zero-order valence-corrected chi connectivity index (χ0v) is 8.24. The fourth-order valence-corrected chi connectivity index (χ4v) is 2.17. The summed E-state index contributed by atoms with van der Waals surface area (Å²) in [4.78, 5) is 2.55. The van der Waals surface area contributed by atoms with E-state index in [0.717, 1.165) is 32.2 Å². The lowest BCUT2D eigenvalue weighted by molar-refractivity contribution is 0.0300. The van der Waals surface area contributed by atoms with E-state index in [1.807, 2.05) is 0 Å². The number of nitrogens with zero attached hydrogens (tertiary/aromatic N) is 1. The first kappa shape index (κ1) is 9.22. The molecule has 2 aliphatic rings. The summed E-state index contributed by atoms with van der Waals surface area (Å²) in [7, 11) is 0. The van der Waals surface area contributed by atoms with Crippen LogP contribution in [0.4, 0.5) is 0 Å². The molecule has 2 heteroatoms. The molecule has 1 atom stereocenters. The van der Waals surface area contributed by atoms with Gasteiger partial charge in [0.05, 0.1) is 13.2 Å². The van der Waals surface area contributed by atoms with Crippen LogP contribution in [0.5, 0.6) is 0 Å². The van der Waals surface area contributed by atoms with Crippen LogP contribution in [0.2, 0.25) is 0 Å². The van der Waals surface area contributed by atoms with Crippen LogP contribution < -0.4 is 0 Å². The van der Waals surface area contributed by atoms with Gasteiger partial charge in [0.1, 0.15) is 0 Å². The van der Waals surface area contributed by atoms with Crippen molar-refractivity contribution < 1.29 is 4.74 Å². The van der Waals surface area contributed by atoms with Gasteiger partial charge in [0, 0.05) is 19.6 Å². The molecule has 1 aliphatic heterocycles. The Kier molecular flexibility index (Phi) is 3.39. The molecule has 0 saturated carbocycles. The third-order valence-corrected chi connectivity index (χ3v) is 3.00. The fourth-order valence-electron chi connectivity index (χ4n) is 2.17. The molecule has 0 bridgehead atoms. The Morgan fingerprint density at radius 1 is 1.23 bits per heavy atom. The van der Waals surface area contributed by atoms with Crippen LogP contribution in [0.1, 0.15) is 19.3 Å². The number of hydrogen-bond acceptors (Lipinski definition) is 2. The van der Waals surface area contributed by atoms with E-state index in [0.29, 0.717) is 0 Å². The number of ether oxygens (including phenoxy) is 1. The highest BCUT2D eigenvalue weighted by Gasteiger charge is 2.16. The fraction of sp³-hybridized carbons (Fsp3) is 0.818. The highest BCUT2D eigenvalue weighted by Crippen LogP contribution is 2.19. The summed E-state index contributed by atoms with van der Waals surface area (Å²) in [5.74, 6) is 0.906. The number of allylic oxidation sites excluding steroid dienone is 2. The van der Waals surface area contributed by atoms with Crippen LogP contribution in [0.3, 0.4) is 0 Å². The van der Waals surface area contributed by atoms with Gasteiger partial charge in [-0.25, -0.2) is 0 Å². The first-order valence-electron chi connectivity index (χ1n) is 5.40. The highest BCUT2D eigenvalue weighted by atomic mass is 16.5. The van der Waals surface area contributed by atoms with Crippen LogP contribution in [0.25, 0.3) is 0 Å². The highest BCUT2D eigenvalue weighted by molar-refractivity contribution is 4.90. The summed E-state index contributed by atoms with van der Waals surface area (Å²) in [6.45, 7) is 5.43. The smallest absolute Gasteiger partial charge is 0.0594 e. The molecule has 74 valence electrons. The van der Waals surface area contributed by atoms with E-state index in [-0.39, 0.29) is 0 Å². The average molecular weight is 181 g/mol. The van der Waals surface area contributed by atoms with Crippen LogP contribution in [-0.4, -0.2) is 37.7 Å². The minimum atomic E-state index is 0.906. The van der Waals surface area contributed by atoms with Crippen molar-refractivity contribution in [3.05, 3.63) is 12.2 Å². The predicted octanol–water partition coefficient (Wildman–Crippen LogP) is 1.67. The van der Waals surface area contributed by atoms with Crippen molar-refractivity contribution in [3.63, 3.8) is 0 Å². The minimum Gasteiger partial charge on any atom is -0.379 e. The van der Waals surface area contributed by atoms with Crippen LogP contribution >= 0.6 is 0 Å². The third kappa shape index (κ3) is 2.82. The lowest BCUT2D eigenvalue weighted by Crippen LogP contribution is -2.39. The van der Waals surface area contributed by atoms with Crippen LogP contribution in [0, 0.1) is 5.92 Å². The maximum atomic E-state index is 5.33. The van der Waals surface area contributed by atoms with Crippen molar-refractivity contribution in [1.29, 1.82) is 0 Å². The predicted molar refractivity (Wildman–Crippen MR) is 53.7 cm³/mol. The van der Waals surface area contributed by atoms with Crippen LogP contribution in [0.15, 0.2) is 12.2 Å². The largest absolute Gasteiger partial charge is 0.379 e. The van der Waals surface area contributed by atoms with Crippen molar-refractivity contribution >= 4 is 0 Å². The molecule has 0 aromatic heterocycles. The van der Waals surface area contributed by atoms with Crippen LogP contribution in [-0.2, 0) is 4.74 Å². The summed E-state index contributed by atoms with van der Waals surface area (Å²) >= 11 is 0. The van der Waals surface area contributed by atoms with Gasteiger partial charge in [0.15, 0.2) is 0 Å². The standard InChI is InChI=1S/C11H19NO/c1-2-4-11(5-3-1)10-12-6-8-13-9-7-12/h1-2,11H,3-10H2. The van der Waals surface area contributed by atoms with Gasteiger partial charge in [-0.15, -0.1) is 0 Å². The van der Waals surface area contributed by atoms with E-state index in [4.69, 9.17) is 4.74 Å². The SMILES string of the molecule is C1=CCC(CN2CCOCC2)CC1. The first-order valence-corrected chi connectivity index (χ1v) is 5.40. The Morgan fingerprint density at radius 3 is 2.77 bits per heavy atom. The van der Waals surface area contributed by atoms with Crippen molar-refractivity contribution in [2.75, 3.05) is 32.8 Å². The lowest BCUT2D eigenvalue weighted by atomic mass is 9.94. The molecule has 1 heterocycles. The Hall–Kier alpha value is -0.340. The third-order valence-electron chi connectivity index (χ3n) is 3.00. The molecule has 1 saturated heterocycles.